The lowest BCUT2D eigenvalue weighted by atomic mass is 9.92. The van der Waals surface area contributed by atoms with Crippen molar-refractivity contribution in [2.24, 2.45) is 5.92 Å². The summed E-state index contributed by atoms with van der Waals surface area (Å²) in [5.41, 5.74) is 4.30. The van der Waals surface area contributed by atoms with Crippen molar-refractivity contribution in [2.45, 2.75) is 37.3 Å². The molecule has 0 bridgehead atoms. The average Bonchev–Trinajstić information content (AvgIpc) is 3.38. The molecule has 35 heavy (non-hydrogen) atoms. The van der Waals surface area contributed by atoms with E-state index in [9.17, 15) is 24.3 Å². The number of benzene rings is 2. The van der Waals surface area contributed by atoms with Crippen LogP contribution in [0.5, 0.6) is 0 Å². The van der Waals surface area contributed by atoms with Gasteiger partial charge in [0.25, 0.3) is 0 Å². The highest BCUT2D eigenvalue weighted by atomic mass is 16.5. The third-order valence-electron chi connectivity index (χ3n) is 7.17. The number of aliphatic carboxylic acids is 1. The number of rotatable bonds is 6. The van der Waals surface area contributed by atoms with Gasteiger partial charge in [-0.05, 0) is 34.6 Å². The van der Waals surface area contributed by atoms with E-state index < -0.39 is 30.4 Å². The summed E-state index contributed by atoms with van der Waals surface area (Å²) in [6, 6.07) is 14.5. The van der Waals surface area contributed by atoms with Crippen molar-refractivity contribution in [1.82, 2.24) is 15.5 Å². The summed E-state index contributed by atoms with van der Waals surface area (Å²) in [7, 11) is 0. The van der Waals surface area contributed by atoms with E-state index in [0.717, 1.165) is 22.3 Å². The normalized spacial score (nSPS) is 21.4. The molecular formula is C26H27N3O6. The van der Waals surface area contributed by atoms with E-state index in [1.54, 1.807) is 0 Å². The van der Waals surface area contributed by atoms with Crippen molar-refractivity contribution in [1.29, 1.82) is 0 Å². The molecule has 2 aromatic rings. The molecule has 0 radical (unpaired) electrons. The minimum Gasteiger partial charge on any atom is -0.481 e. The minimum atomic E-state index is -1.25. The maximum atomic E-state index is 13.1. The lowest BCUT2D eigenvalue weighted by Gasteiger charge is -2.36. The zero-order chi connectivity index (χ0) is 24.5. The van der Waals surface area contributed by atoms with E-state index in [0.29, 0.717) is 25.9 Å². The van der Waals surface area contributed by atoms with E-state index in [1.165, 1.54) is 4.90 Å². The van der Waals surface area contributed by atoms with Gasteiger partial charge in [-0.2, -0.15) is 0 Å². The molecule has 2 aromatic carbocycles. The van der Waals surface area contributed by atoms with Gasteiger partial charge < -0.3 is 25.4 Å². The first-order chi connectivity index (χ1) is 16.9. The molecule has 2 aliphatic heterocycles. The Hall–Kier alpha value is -3.88. The van der Waals surface area contributed by atoms with Crippen LogP contribution in [-0.2, 0) is 19.1 Å². The van der Waals surface area contributed by atoms with Crippen LogP contribution in [0.1, 0.15) is 36.3 Å². The van der Waals surface area contributed by atoms with E-state index >= 15 is 0 Å². The Balaban J connectivity index is 1.24. The van der Waals surface area contributed by atoms with Crippen LogP contribution in [0.25, 0.3) is 11.1 Å². The largest absolute Gasteiger partial charge is 0.481 e. The van der Waals surface area contributed by atoms with Gasteiger partial charge in [-0.25, -0.2) is 4.79 Å². The van der Waals surface area contributed by atoms with Gasteiger partial charge in [-0.15, -0.1) is 0 Å². The number of likely N-dealkylation sites (tertiary alicyclic amines) is 1. The monoisotopic (exact) mass is 477 g/mol. The van der Waals surface area contributed by atoms with E-state index in [4.69, 9.17) is 4.74 Å². The number of piperidine rings is 1. The molecule has 3 N–H and O–H groups in total. The molecule has 3 aliphatic rings. The third kappa shape index (κ3) is 4.58. The van der Waals surface area contributed by atoms with Crippen molar-refractivity contribution in [3.63, 3.8) is 0 Å². The number of carbonyl (C=O) groups is 4. The van der Waals surface area contributed by atoms with Crippen LogP contribution in [0.2, 0.25) is 0 Å². The number of alkyl carbamates (subject to hydrolysis) is 1. The van der Waals surface area contributed by atoms with Crippen molar-refractivity contribution < 1.29 is 29.0 Å². The molecule has 3 atom stereocenters. The van der Waals surface area contributed by atoms with Crippen LogP contribution in [0, 0.1) is 5.92 Å². The van der Waals surface area contributed by atoms with Gasteiger partial charge in [0, 0.05) is 31.5 Å². The fourth-order valence-electron chi connectivity index (χ4n) is 5.49. The highest BCUT2D eigenvalue weighted by Crippen LogP contribution is 2.44. The Morgan fingerprint density at radius 2 is 1.74 bits per heavy atom. The molecule has 182 valence electrons. The molecule has 2 heterocycles. The zero-order valence-electron chi connectivity index (χ0n) is 19.1. The van der Waals surface area contributed by atoms with Crippen LogP contribution >= 0.6 is 0 Å². The lowest BCUT2D eigenvalue weighted by Crippen LogP contribution is -2.55. The molecule has 3 amide bonds. The molecule has 2 saturated heterocycles. The summed E-state index contributed by atoms with van der Waals surface area (Å²) in [5.74, 6) is -1.69. The van der Waals surface area contributed by atoms with Crippen molar-refractivity contribution >= 4 is 23.9 Å². The first kappa shape index (κ1) is 22.9. The minimum absolute atomic E-state index is 0.0341. The number of nitrogens with one attached hydrogen (secondary N) is 2. The highest BCUT2D eigenvalue weighted by Gasteiger charge is 2.40. The Morgan fingerprint density at radius 1 is 1.09 bits per heavy atom. The zero-order valence-corrected chi connectivity index (χ0v) is 19.1. The van der Waals surface area contributed by atoms with Crippen LogP contribution in [-0.4, -0.2) is 65.7 Å². The Labute approximate surface area is 202 Å². The Morgan fingerprint density at radius 3 is 2.40 bits per heavy atom. The second kappa shape index (κ2) is 9.40. The Kier molecular flexibility index (Phi) is 6.15. The van der Waals surface area contributed by atoms with E-state index in [2.05, 4.69) is 10.6 Å². The molecule has 3 unspecified atom stereocenters. The number of amides is 3. The number of fused-ring (bicyclic) bond motifs is 4. The fraction of sp³-hybridized carbons (Fsp3) is 0.385. The van der Waals surface area contributed by atoms with Crippen LogP contribution in [0.15, 0.2) is 48.5 Å². The first-order valence-corrected chi connectivity index (χ1v) is 11.8. The van der Waals surface area contributed by atoms with E-state index in [1.807, 2.05) is 48.5 Å². The molecule has 2 fully saturated rings. The van der Waals surface area contributed by atoms with Gasteiger partial charge in [0.1, 0.15) is 12.6 Å². The number of ether oxygens (including phenoxy) is 1. The molecule has 0 spiro atoms. The number of carboxylic acid groups (broad SMARTS) is 1. The topological polar surface area (TPSA) is 125 Å². The lowest BCUT2D eigenvalue weighted by molar-refractivity contribution is -0.143. The summed E-state index contributed by atoms with van der Waals surface area (Å²) in [6.45, 7) is 0.780. The summed E-state index contributed by atoms with van der Waals surface area (Å²) >= 11 is 0. The summed E-state index contributed by atoms with van der Waals surface area (Å²) < 4.78 is 5.50. The average molecular weight is 478 g/mol. The van der Waals surface area contributed by atoms with Crippen LogP contribution in [0.4, 0.5) is 4.79 Å². The smallest absolute Gasteiger partial charge is 0.407 e. The highest BCUT2D eigenvalue weighted by molar-refractivity contribution is 5.89. The maximum absolute atomic E-state index is 13.1. The van der Waals surface area contributed by atoms with E-state index in [-0.39, 0.29) is 30.4 Å². The second-order valence-electron chi connectivity index (χ2n) is 9.33. The van der Waals surface area contributed by atoms with Gasteiger partial charge in [0.15, 0.2) is 0 Å². The summed E-state index contributed by atoms with van der Waals surface area (Å²) in [4.78, 5) is 50.4. The fourth-order valence-corrected chi connectivity index (χ4v) is 5.49. The summed E-state index contributed by atoms with van der Waals surface area (Å²) in [6.07, 6.45) is -0.293. The predicted octanol–water partition coefficient (Wildman–Crippen LogP) is 2.11. The molecule has 0 aromatic heterocycles. The quantitative estimate of drug-likeness (QED) is 0.585. The number of hydrogen-bond acceptors (Lipinski definition) is 5. The third-order valence-corrected chi connectivity index (χ3v) is 7.17. The molecular weight excluding hydrogens is 450 g/mol. The van der Waals surface area contributed by atoms with Crippen molar-refractivity contribution in [3.05, 3.63) is 59.7 Å². The number of hydrogen-bond donors (Lipinski definition) is 3. The van der Waals surface area contributed by atoms with Gasteiger partial charge in [-0.3, -0.25) is 14.4 Å². The molecule has 5 rings (SSSR count). The first-order valence-electron chi connectivity index (χ1n) is 11.8. The van der Waals surface area contributed by atoms with Crippen LogP contribution in [0.3, 0.4) is 0 Å². The van der Waals surface area contributed by atoms with Crippen molar-refractivity contribution in [2.75, 3.05) is 19.7 Å². The van der Waals surface area contributed by atoms with Crippen molar-refractivity contribution in [3.8, 4) is 11.1 Å². The van der Waals surface area contributed by atoms with Gasteiger partial charge in [-0.1, -0.05) is 48.5 Å². The second-order valence-corrected chi connectivity index (χ2v) is 9.33. The molecule has 9 heteroatoms. The van der Waals surface area contributed by atoms with Gasteiger partial charge in [0.05, 0.1) is 6.42 Å². The SMILES string of the molecule is O=C(O)CC(NC(=O)OCC1c2ccccc2-c2ccccc21)C(=O)N1CCC2CC(=O)NC2C1. The predicted molar refractivity (Wildman–Crippen MR) is 125 cm³/mol. The van der Waals surface area contributed by atoms with Gasteiger partial charge in [0.2, 0.25) is 11.8 Å². The molecule has 9 nitrogen and oxygen atoms in total. The molecule has 1 aliphatic carbocycles. The maximum Gasteiger partial charge on any atom is 0.407 e. The standard InChI is InChI=1S/C26H27N3O6/c30-23-11-15-9-10-29(13-22(15)27-23)25(33)21(12-24(31)32)28-26(34)35-14-20-18-7-3-1-5-16(18)17-6-2-4-8-19(17)20/h1-8,15,20-22H,9-14H2,(H,27,30)(H,28,34)(H,31,32). The summed E-state index contributed by atoms with van der Waals surface area (Å²) in [5, 5.41) is 14.7. The Bertz CT molecular complexity index is 1140. The van der Waals surface area contributed by atoms with Gasteiger partial charge >= 0.3 is 12.1 Å². The number of nitrogens with zero attached hydrogens (tertiary/aromatic N) is 1. The molecule has 0 saturated carbocycles. The number of carbonyl (C=O) groups excluding carboxylic acids is 3. The van der Waals surface area contributed by atoms with Crippen LogP contribution < -0.4 is 10.6 Å². The number of carboxylic acids is 1.